The highest BCUT2D eigenvalue weighted by atomic mass is 32.1. The molecule has 0 spiro atoms. The van der Waals surface area contributed by atoms with E-state index in [1.54, 1.807) is 30.5 Å². The Balaban J connectivity index is 1.48. The average Bonchev–Trinajstić information content (AvgIpc) is 3.19. The number of rotatable bonds is 4. The van der Waals surface area contributed by atoms with Gasteiger partial charge in [-0.25, -0.2) is 4.98 Å². The zero-order valence-corrected chi connectivity index (χ0v) is 17.2. The minimum Gasteiger partial charge on any atom is -0.479 e. The van der Waals surface area contributed by atoms with Crippen molar-refractivity contribution in [3.8, 4) is 16.3 Å². The van der Waals surface area contributed by atoms with Crippen LogP contribution in [0.15, 0.2) is 47.8 Å². The highest BCUT2D eigenvalue weighted by Crippen LogP contribution is 2.32. The number of ether oxygens (including phenoxy) is 1. The van der Waals surface area contributed by atoms with Gasteiger partial charge in [-0.15, -0.1) is 11.3 Å². The number of fused-ring (bicyclic) bond motifs is 1. The number of anilines is 2. The van der Waals surface area contributed by atoms with Gasteiger partial charge in [-0.05, 0) is 36.6 Å². The summed E-state index contributed by atoms with van der Waals surface area (Å²) in [7, 11) is 0. The van der Waals surface area contributed by atoms with Crippen LogP contribution in [0.2, 0.25) is 0 Å². The zero-order chi connectivity index (χ0) is 20.5. The summed E-state index contributed by atoms with van der Waals surface area (Å²) < 4.78 is 5.53. The first kappa shape index (κ1) is 19.1. The number of nitrogens with zero attached hydrogens (tertiary/aromatic N) is 1. The van der Waals surface area contributed by atoms with E-state index in [0.29, 0.717) is 28.7 Å². The van der Waals surface area contributed by atoms with E-state index in [0.717, 1.165) is 10.6 Å². The average molecular weight is 407 g/mol. The molecule has 1 aromatic heterocycles. The van der Waals surface area contributed by atoms with Gasteiger partial charge in [0, 0.05) is 16.6 Å². The molecule has 2 N–H and O–H groups in total. The highest BCUT2D eigenvalue weighted by Gasteiger charge is 2.24. The van der Waals surface area contributed by atoms with Crippen molar-refractivity contribution in [3.63, 3.8) is 0 Å². The standard InChI is InChI=1S/C22H21N3O3S/c1-12(2)14-4-6-15(7-5-14)22-25-18(11-29-22)21(27)23-16-8-9-19-17(10-16)24-20(26)13(3)28-19/h4-13H,1-3H3,(H,23,27)(H,24,26)/t13-/m0/s1. The molecule has 1 atom stereocenters. The quantitative estimate of drug-likeness (QED) is 0.644. The van der Waals surface area contributed by atoms with Crippen LogP contribution in [0.1, 0.15) is 42.7 Å². The number of hydrogen-bond acceptors (Lipinski definition) is 5. The smallest absolute Gasteiger partial charge is 0.275 e. The zero-order valence-electron chi connectivity index (χ0n) is 16.4. The number of aromatic nitrogens is 1. The molecule has 0 fully saturated rings. The van der Waals surface area contributed by atoms with Gasteiger partial charge in [0.15, 0.2) is 6.10 Å². The summed E-state index contributed by atoms with van der Waals surface area (Å²) >= 11 is 1.43. The van der Waals surface area contributed by atoms with Gasteiger partial charge >= 0.3 is 0 Å². The molecule has 148 valence electrons. The van der Waals surface area contributed by atoms with Crippen LogP contribution >= 0.6 is 11.3 Å². The van der Waals surface area contributed by atoms with Crippen LogP contribution in [0.4, 0.5) is 11.4 Å². The van der Waals surface area contributed by atoms with Crippen molar-refractivity contribution in [2.75, 3.05) is 10.6 Å². The van der Waals surface area contributed by atoms with Crippen LogP contribution in [0.5, 0.6) is 5.75 Å². The van der Waals surface area contributed by atoms with E-state index >= 15 is 0 Å². The minimum absolute atomic E-state index is 0.214. The van der Waals surface area contributed by atoms with Crippen molar-refractivity contribution >= 4 is 34.5 Å². The van der Waals surface area contributed by atoms with Crippen LogP contribution in [0.25, 0.3) is 10.6 Å². The molecule has 29 heavy (non-hydrogen) atoms. The van der Waals surface area contributed by atoms with Gasteiger partial charge in [0.1, 0.15) is 16.5 Å². The van der Waals surface area contributed by atoms with E-state index < -0.39 is 6.10 Å². The SMILES string of the molecule is CC(C)c1ccc(-c2nc(C(=O)Nc3ccc4c(c3)NC(=O)[C@H](C)O4)cs2)cc1. The molecule has 0 aliphatic carbocycles. The fourth-order valence-electron chi connectivity index (χ4n) is 3.00. The molecule has 1 aliphatic heterocycles. The molecule has 4 rings (SSSR count). The fourth-order valence-corrected chi connectivity index (χ4v) is 3.81. The van der Waals surface area contributed by atoms with Crippen LogP contribution in [0.3, 0.4) is 0 Å². The van der Waals surface area contributed by atoms with Gasteiger partial charge in [0.05, 0.1) is 5.69 Å². The molecule has 0 saturated heterocycles. The van der Waals surface area contributed by atoms with Gasteiger partial charge in [-0.3, -0.25) is 9.59 Å². The molecule has 1 aliphatic rings. The number of amides is 2. The van der Waals surface area contributed by atoms with E-state index in [9.17, 15) is 9.59 Å². The molecule has 2 aromatic carbocycles. The number of carbonyl (C=O) groups excluding carboxylic acids is 2. The third-order valence-corrected chi connectivity index (χ3v) is 5.62. The summed E-state index contributed by atoms with van der Waals surface area (Å²) in [5.74, 6) is 0.531. The fraction of sp³-hybridized carbons (Fsp3) is 0.227. The molecule has 2 amide bonds. The lowest BCUT2D eigenvalue weighted by Gasteiger charge is -2.23. The first-order chi connectivity index (χ1) is 13.9. The molecule has 0 bridgehead atoms. The first-order valence-electron chi connectivity index (χ1n) is 9.39. The molecular formula is C22H21N3O3S. The molecule has 0 radical (unpaired) electrons. The Bertz CT molecular complexity index is 1070. The number of carbonyl (C=O) groups is 2. The van der Waals surface area contributed by atoms with E-state index in [2.05, 4.69) is 41.6 Å². The van der Waals surface area contributed by atoms with Crippen molar-refractivity contribution < 1.29 is 14.3 Å². The van der Waals surface area contributed by atoms with Gasteiger partial charge in [-0.2, -0.15) is 0 Å². The Morgan fingerprint density at radius 3 is 2.69 bits per heavy atom. The summed E-state index contributed by atoms with van der Waals surface area (Å²) in [6, 6.07) is 13.4. The predicted molar refractivity (Wildman–Crippen MR) is 115 cm³/mol. The molecule has 7 heteroatoms. The van der Waals surface area contributed by atoms with Crippen LogP contribution in [-0.4, -0.2) is 22.9 Å². The third kappa shape index (κ3) is 4.00. The molecule has 0 unspecified atom stereocenters. The number of thiazole rings is 1. The highest BCUT2D eigenvalue weighted by molar-refractivity contribution is 7.13. The van der Waals surface area contributed by atoms with E-state index in [1.807, 2.05) is 12.1 Å². The summed E-state index contributed by atoms with van der Waals surface area (Å²) in [6.45, 7) is 5.99. The third-order valence-electron chi connectivity index (χ3n) is 4.73. The second kappa shape index (κ2) is 7.67. The maximum Gasteiger partial charge on any atom is 0.275 e. The summed E-state index contributed by atoms with van der Waals surface area (Å²) in [6.07, 6.45) is -0.536. The topological polar surface area (TPSA) is 80.3 Å². The van der Waals surface area contributed by atoms with Crippen molar-refractivity contribution in [3.05, 3.63) is 59.1 Å². The Hall–Kier alpha value is -3.19. The monoisotopic (exact) mass is 407 g/mol. The van der Waals surface area contributed by atoms with Crippen molar-refractivity contribution in [2.45, 2.75) is 32.8 Å². The van der Waals surface area contributed by atoms with Crippen molar-refractivity contribution in [1.29, 1.82) is 0 Å². The second-order valence-electron chi connectivity index (χ2n) is 7.23. The maximum atomic E-state index is 12.6. The van der Waals surface area contributed by atoms with Gasteiger partial charge in [0.2, 0.25) is 0 Å². The number of hydrogen-bond donors (Lipinski definition) is 2. The normalized spacial score (nSPS) is 15.4. The number of benzene rings is 2. The molecule has 6 nitrogen and oxygen atoms in total. The van der Waals surface area contributed by atoms with Gasteiger partial charge in [-0.1, -0.05) is 38.1 Å². The van der Waals surface area contributed by atoms with Crippen LogP contribution < -0.4 is 15.4 Å². The Morgan fingerprint density at radius 2 is 1.97 bits per heavy atom. The Kier molecular flexibility index (Phi) is 5.07. The second-order valence-corrected chi connectivity index (χ2v) is 8.09. The molecule has 0 saturated carbocycles. The lowest BCUT2D eigenvalue weighted by atomic mass is 10.0. The molecule has 3 aromatic rings. The lowest BCUT2D eigenvalue weighted by Crippen LogP contribution is -2.34. The first-order valence-corrected chi connectivity index (χ1v) is 10.3. The summed E-state index contributed by atoms with van der Waals surface area (Å²) in [5.41, 5.74) is 3.70. The van der Waals surface area contributed by atoms with Gasteiger partial charge in [0.25, 0.3) is 11.8 Å². The summed E-state index contributed by atoms with van der Waals surface area (Å²) in [4.78, 5) is 28.8. The Labute approximate surface area is 172 Å². The summed E-state index contributed by atoms with van der Waals surface area (Å²) in [5, 5.41) is 8.13. The van der Waals surface area contributed by atoms with E-state index in [4.69, 9.17) is 4.74 Å². The van der Waals surface area contributed by atoms with Crippen molar-refractivity contribution in [1.82, 2.24) is 4.98 Å². The van der Waals surface area contributed by atoms with Crippen LogP contribution in [0, 0.1) is 0 Å². The predicted octanol–water partition coefficient (Wildman–Crippen LogP) is 4.91. The lowest BCUT2D eigenvalue weighted by molar-refractivity contribution is -0.122. The Morgan fingerprint density at radius 1 is 1.21 bits per heavy atom. The van der Waals surface area contributed by atoms with Gasteiger partial charge < -0.3 is 15.4 Å². The van der Waals surface area contributed by atoms with Crippen molar-refractivity contribution in [2.24, 2.45) is 0 Å². The van der Waals surface area contributed by atoms with E-state index in [1.165, 1.54) is 16.9 Å². The molecule has 2 heterocycles. The minimum atomic E-state index is -0.536. The van der Waals surface area contributed by atoms with Crippen LogP contribution in [-0.2, 0) is 4.79 Å². The molecular weight excluding hydrogens is 386 g/mol. The number of nitrogens with one attached hydrogen (secondary N) is 2. The largest absolute Gasteiger partial charge is 0.479 e. The van der Waals surface area contributed by atoms with E-state index in [-0.39, 0.29) is 11.8 Å². The maximum absolute atomic E-state index is 12.6.